The van der Waals surface area contributed by atoms with Gasteiger partial charge in [0.25, 0.3) is 11.5 Å². The van der Waals surface area contributed by atoms with Crippen molar-refractivity contribution in [1.82, 2.24) is 19.0 Å². The Kier molecular flexibility index (Phi) is 6.19. The molecule has 138 valence electrons. The minimum Gasteiger partial charge on any atom is -0.385 e. The molecular formula is C17H26N4O4. The van der Waals surface area contributed by atoms with Gasteiger partial charge in [0.15, 0.2) is 0 Å². The lowest BCUT2D eigenvalue weighted by Gasteiger charge is -2.12. The van der Waals surface area contributed by atoms with Crippen molar-refractivity contribution in [1.29, 1.82) is 0 Å². The van der Waals surface area contributed by atoms with Crippen LogP contribution in [0.4, 0.5) is 0 Å². The van der Waals surface area contributed by atoms with Crippen LogP contribution in [0.2, 0.25) is 0 Å². The van der Waals surface area contributed by atoms with E-state index < -0.39 is 5.69 Å². The maximum Gasteiger partial charge on any atom is 0.332 e. The Morgan fingerprint density at radius 1 is 1.20 bits per heavy atom. The predicted molar refractivity (Wildman–Crippen MR) is 96.2 cm³/mol. The number of carbonyl (C=O) groups is 1. The molecular weight excluding hydrogens is 324 g/mol. The van der Waals surface area contributed by atoms with E-state index in [1.165, 1.54) is 11.6 Å². The molecule has 0 aliphatic rings. The molecule has 1 N–H and O–H groups in total. The number of hydrogen-bond donors (Lipinski definition) is 1. The molecule has 0 saturated carbocycles. The van der Waals surface area contributed by atoms with Gasteiger partial charge in [-0.1, -0.05) is 13.3 Å². The highest BCUT2D eigenvalue weighted by Crippen LogP contribution is 2.17. The zero-order valence-corrected chi connectivity index (χ0v) is 15.3. The third-order valence-electron chi connectivity index (χ3n) is 4.27. The Labute approximate surface area is 146 Å². The monoisotopic (exact) mass is 350 g/mol. The number of methoxy groups -OCH3 is 1. The molecule has 0 atom stereocenters. The van der Waals surface area contributed by atoms with Crippen LogP contribution in [-0.4, -0.2) is 39.9 Å². The Balaban J connectivity index is 2.53. The molecule has 25 heavy (non-hydrogen) atoms. The van der Waals surface area contributed by atoms with E-state index in [9.17, 15) is 14.4 Å². The number of amides is 1. The largest absolute Gasteiger partial charge is 0.385 e. The molecule has 0 saturated heterocycles. The van der Waals surface area contributed by atoms with Crippen LogP contribution in [-0.2, 0) is 25.4 Å². The number of nitrogens with one attached hydrogen (secondary N) is 1. The normalized spacial score (nSPS) is 11.2. The van der Waals surface area contributed by atoms with Crippen molar-refractivity contribution in [3.63, 3.8) is 0 Å². The molecule has 8 nitrogen and oxygen atoms in total. The molecule has 0 aromatic carbocycles. The number of hydrogen-bond acceptors (Lipinski definition) is 4. The molecule has 2 heterocycles. The first-order chi connectivity index (χ1) is 11.9. The van der Waals surface area contributed by atoms with Crippen molar-refractivity contribution in [2.24, 2.45) is 14.1 Å². The summed E-state index contributed by atoms with van der Waals surface area (Å²) in [6.07, 6.45) is 2.49. The molecule has 0 bridgehead atoms. The van der Waals surface area contributed by atoms with Crippen LogP contribution in [0.1, 0.15) is 36.7 Å². The van der Waals surface area contributed by atoms with Gasteiger partial charge in [0.2, 0.25) is 0 Å². The van der Waals surface area contributed by atoms with Crippen LogP contribution in [0.25, 0.3) is 11.0 Å². The molecule has 2 rings (SSSR count). The molecule has 0 radical (unpaired) electrons. The number of aromatic nitrogens is 3. The standard InChI is InChI=1S/C17H26N4O4/c1-5-6-9-21-13(14(22)18-8-7-10-25-4)11-12-15(21)19(2)17(24)20(3)16(12)23/h11H,5-10H2,1-4H3,(H,18,22). The van der Waals surface area contributed by atoms with Gasteiger partial charge in [-0.2, -0.15) is 0 Å². The number of unbranched alkanes of at least 4 members (excludes halogenated alkanes) is 1. The van der Waals surface area contributed by atoms with Crippen molar-refractivity contribution >= 4 is 16.9 Å². The second kappa shape index (κ2) is 8.15. The lowest BCUT2D eigenvalue weighted by Crippen LogP contribution is -2.37. The van der Waals surface area contributed by atoms with E-state index in [4.69, 9.17) is 4.74 Å². The number of carbonyl (C=O) groups excluding carboxylic acids is 1. The Morgan fingerprint density at radius 3 is 2.56 bits per heavy atom. The van der Waals surface area contributed by atoms with Crippen LogP contribution in [0.5, 0.6) is 0 Å². The second-order valence-electron chi connectivity index (χ2n) is 6.08. The van der Waals surface area contributed by atoms with Crippen LogP contribution < -0.4 is 16.6 Å². The highest BCUT2D eigenvalue weighted by atomic mass is 16.5. The van der Waals surface area contributed by atoms with Gasteiger partial charge in [-0.05, 0) is 18.9 Å². The highest BCUT2D eigenvalue weighted by molar-refractivity contribution is 5.97. The SMILES string of the molecule is CCCCn1c(C(=O)NCCCOC)cc2c(=O)n(C)c(=O)n(C)c21. The molecule has 0 unspecified atom stereocenters. The first-order valence-electron chi connectivity index (χ1n) is 8.50. The summed E-state index contributed by atoms with van der Waals surface area (Å²) in [6, 6.07) is 1.58. The van der Waals surface area contributed by atoms with E-state index in [0.717, 1.165) is 17.4 Å². The Morgan fingerprint density at radius 2 is 1.92 bits per heavy atom. The van der Waals surface area contributed by atoms with E-state index in [0.29, 0.717) is 42.8 Å². The summed E-state index contributed by atoms with van der Waals surface area (Å²) in [5.74, 6) is -0.252. The smallest absolute Gasteiger partial charge is 0.332 e. The minimum atomic E-state index is -0.402. The average Bonchev–Trinajstić information content (AvgIpc) is 2.99. The third-order valence-corrected chi connectivity index (χ3v) is 4.27. The lowest BCUT2D eigenvalue weighted by molar-refractivity contribution is 0.0939. The first kappa shape index (κ1) is 19.0. The third kappa shape index (κ3) is 3.68. The number of fused-ring (bicyclic) bond motifs is 1. The summed E-state index contributed by atoms with van der Waals surface area (Å²) in [5.41, 5.74) is 0.102. The van der Waals surface area contributed by atoms with Crippen molar-refractivity contribution in [2.45, 2.75) is 32.7 Å². The van der Waals surface area contributed by atoms with Gasteiger partial charge in [-0.3, -0.25) is 18.7 Å². The lowest BCUT2D eigenvalue weighted by atomic mass is 10.3. The Bertz CT molecular complexity index is 875. The fraction of sp³-hybridized carbons (Fsp3) is 0.588. The molecule has 2 aromatic rings. The molecule has 2 aromatic heterocycles. The highest BCUT2D eigenvalue weighted by Gasteiger charge is 2.20. The molecule has 0 aliphatic carbocycles. The van der Waals surface area contributed by atoms with E-state index in [1.54, 1.807) is 24.8 Å². The molecule has 0 spiro atoms. The van der Waals surface area contributed by atoms with Gasteiger partial charge in [-0.25, -0.2) is 4.79 Å². The van der Waals surface area contributed by atoms with E-state index in [-0.39, 0.29) is 11.5 Å². The average molecular weight is 350 g/mol. The van der Waals surface area contributed by atoms with Gasteiger partial charge < -0.3 is 14.6 Å². The van der Waals surface area contributed by atoms with Crippen molar-refractivity contribution in [2.75, 3.05) is 20.3 Å². The molecule has 0 fully saturated rings. The first-order valence-corrected chi connectivity index (χ1v) is 8.50. The number of nitrogens with zero attached hydrogens (tertiary/aromatic N) is 3. The van der Waals surface area contributed by atoms with E-state index >= 15 is 0 Å². The van der Waals surface area contributed by atoms with Gasteiger partial charge in [0, 0.05) is 40.9 Å². The summed E-state index contributed by atoms with van der Waals surface area (Å²) < 4.78 is 9.23. The number of rotatable bonds is 8. The van der Waals surface area contributed by atoms with Gasteiger partial charge in [0.05, 0.1) is 5.39 Å². The maximum absolute atomic E-state index is 12.6. The van der Waals surface area contributed by atoms with Crippen molar-refractivity contribution in [3.8, 4) is 0 Å². The fourth-order valence-electron chi connectivity index (χ4n) is 2.88. The summed E-state index contributed by atoms with van der Waals surface area (Å²) in [6.45, 7) is 3.67. The molecule has 0 aliphatic heterocycles. The van der Waals surface area contributed by atoms with E-state index in [2.05, 4.69) is 5.32 Å². The summed E-state index contributed by atoms with van der Waals surface area (Å²) in [4.78, 5) is 37.3. The van der Waals surface area contributed by atoms with Gasteiger partial charge >= 0.3 is 5.69 Å². The molecule has 1 amide bonds. The fourth-order valence-corrected chi connectivity index (χ4v) is 2.88. The molecule has 8 heteroatoms. The number of ether oxygens (including phenoxy) is 1. The van der Waals surface area contributed by atoms with Crippen molar-refractivity contribution < 1.29 is 9.53 Å². The van der Waals surface area contributed by atoms with E-state index in [1.807, 2.05) is 6.92 Å². The Hall–Kier alpha value is -2.35. The minimum absolute atomic E-state index is 0.252. The van der Waals surface area contributed by atoms with Gasteiger partial charge in [0.1, 0.15) is 11.3 Å². The number of aryl methyl sites for hydroxylation is 2. The predicted octanol–water partition coefficient (Wildman–Crippen LogP) is 0.605. The maximum atomic E-state index is 12.6. The zero-order chi connectivity index (χ0) is 18.6. The summed E-state index contributed by atoms with van der Waals surface area (Å²) in [5, 5.41) is 3.22. The second-order valence-corrected chi connectivity index (χ2v) is 6.08. The summed E-state index contributed by atoms with van der Waals surface area (Å²) >= 11 is 0. The summed E-state index contributed by atoms with van der Waals surface area (Å²) in [7, 11) is 4.67. The zero-order valence-electron chi connectivity index (χ0n) is 15.3. The van der Waals surface area contributed by atoms with Crippen LogP contribution in [0.15, 0.2) is 15.7 Å². The van der Waals surface area contributed by atoms with Gasteiger partial charge in [-0.15, -0.1) is 0 Å². The van der Waals surface area contributed by atoms with Crippen LogP contribution >= 0.6 is 0 Å². The topological polar surface area (TPSA) is 87.3 Å². The quantitative estimate of drug-likeness (QED) is 0.707. The van der Waals surface area contributed by atoms with Crippen LogP contribution in [0, 0.1) is 0 Å². The van der Waals surface area contributed by atoms with Crippen LogP contribution in [0.3, 0.4) is 0 Å². The van der Waals surface area contributed by atoms with Crippen molar-refractivity contribution in [3.05, 3.63) is 32.6 Å².